The molecular weight excluding hydrogens is 381 g/mol. The fraction of sp³-hybridized carbons (Fsp3) is 0.333. The Hall–Kier alpha value is -1.57. The SMILES string of the molecule is CCNc1nc(Cc2ccc(OC)c(OC)c2)ncc1I. The Morgan fingerprint density at radius 2 is 1.95 bits per heavy atom. The molecule has 1 N–H and O–H groups in total. The summed E-state index contributed by atoms with van der Waals surface area (Å²) in [5.74, 6) is 3.09. The van der Waals surface area contributed by atoms with Crippen molar-refractivity contribution in [3.8, 4) is 11.5 Å². The average molecular weight is 399 g/mol. The number of anilines is 1. The maximum Gasteiger partial charge on any atom is 0.161 e. The van der Waals surface area contributed by atoms with E-state index in [4.69, 9.17) is 9.47 Å². The van der Waals surface area contributed by atoms with Gasteiger partial charge < -0.3 is 14.8 Å². The molecule has 0 spiro atoms. The number of nitrogens with one attached hydrogen (secondary N) is 1. The topological polar surface area (TPSA) is 56.3 Å². The van der Waals surface area contributed by atoms with Gasteiger partial charge in [-0.1, -0.05) is 6.07 Å². The Labute approximate surface area is 138 Å². The van der Waals surface area contributed by atoms with E-state index < -0.39 is 0 Å². The van der Waals surface area contributed by atoms with E-state index in [0.29, 0.717) is 12.2 Å². The molecule has 112 valence electrons. The smallest absolute Gasteiger partial charge is 0.161 e. The number of benzene rings is 1. The first-order valence-electron chi connectivity index (χ1n) is 6.64. The summed E-state index contributed by atoms with van der Waals surface area (Å²) in [5.41, 5.74) is 1.08. The van der Waals surface area contributed by atoms with Crippen LogP contribution in [0.4, 0.5) is 5.82 Å². The van der Waals surface area contributed by atoms with Gasteiger partial charge in [0.05, 0.1) is 17.8 Å². The molecular formula is C15H18IN3O2. The fourth-order valence-corrected chi connectivity index (χ4v) is 2.40. The second-order valence-corrected chi connectivity index (χ2v) is 5.54. The minimum absolute atomic E-state index is 0.648. The molecule has 21 heavy (non-hydrogen) atoms. The lowest BCUT2D eigenvalue weighted by molar-refractivity contribution is 0.354. The summed E-state index contributed by atoms with van der Waals surface area (Å²) >= 11 is 2.23. The Bertz CT molecular complexity index is 620. The van der Waals surface area contributed by atoms with Crippen LogP contribution >= 0.6 is 22.6 Å². The number of aromatic nitrogens is 2. The Balaban J connectivity index is 2.23. The summed E-state index contributed by atoms with van der Waals surface area (Å²) in [7, 11) is 3.26. The van der Waals surface area contributed by atoms with Crippen LogP contribution in [-0.4, -0.2) is 30.7 Å². The summed E-state index contributed by atoms with van der Waals surface area (Å²) in [5, 5.41) is 3.24. The molecule has 0 bridgehead atoms. The second kappa shape index (κ2) is 7.44. The standard InChI is InChI=1S/C15H18IN3O2/c1-4-17-15-11(16)9-18-14(19-15)8-10-5-6-12(20-2)13(7-10)21-3/h5-7,9H,4,8H2,1-3H3,(H,17,18,19). The van der Waals surface area contributed by atoms with Gasteiger partial charge in [-0.2, -0.15) is 0 Å². The first-order valence-corrected chi connectivity index (χ1v) is 7.72. The van der Waals surface area contributed by atoms with E-state index in [1.807, 2.05) is 31.3 Å². The van der Waals surface area contributed by atoms with Crippen LogP contribution in [0.3, 0.4) is 0 Å². The molecule has 5 nitrogen and oxygen atoms in total. The largest absolute Gasteiger partial charge is 0.493 e. The number of nitrogens with zero attached hydrogens (tertiary/aromatic N) is 2. The molecule has 0 saturated carbocycles. The van der Waals surface area contributed by atoms with Crippen molar-refractivity contribution in [1.82, 2.24) is 9.97 Å². The van der Waals surface area contributed by atoms with Gasteiger partial charge >= 0.3 is 0 Å². The summed E-state index contributed by atoms with van der Waals surface area (Å²) in [6.07, 6.45) is 2.48. The van der Waals surface area contributed by atoms with Gasteiger partial charge in [0, 0.05) is 19.2 Å². The van der Waals surface area contributed by atoms with E-state index in [9.17, 15) is 0 Å². The molecule has 6 heteroatoms. The van der Waals surface area contributed by atoms with E-state index >= 15 is 0 Å². The van der Waals surface area contributed by atoms with Crippen LogP contribution in [0, 0.1) is 3.57 Å². The fourth-order valence-electron chi connectivity index (χ4n) is 1.95. The maximum atomic E-state index is 5.32. The van der Waals surface area contributed by atoms with Crippen molar-refractivity contribution < 1.29 is 9.47 Å². The lowest BCUT2D eigenvalue weighted by Gasteiger charge is -2.10. The zero-order chi connectivity index (χ0) is 15.2. The van der Waals surface area contributed by atoms with E-state index in [-0.39, 0.29) is 0 Å². The van der Waals surface area contributed by atoms with Crippen molar-refractivity contribution in [3.63, 3.8) is 0 Å². The van der Waals surface area contributed by atoms with Crippen LogP contribution in [0.15, 0.2) is 24.4 Å². The molecule has 2 rings (SSSR count). The monoisotopic (exact) mass is 399 g/mol. The highest BCUT2D eigenvalue weighted by molar-refractivity contribution is 14.1. The lowest BCUT2D eigenvalue weighted by Crippen LogP contribution is -2.06. The van der Waals surface area contributed by atoms with Crippen LogP contribution in [0.2, 0.25) is 0 Å². The van der Waals surface area contributed by atoms with E-state index in [0.717, 1.165) is 33.1 Å². The van der Waals surface area contributed by atoms with Crippen molar-refractivity contribution in [2.45, 2.75) is 13.3 Å². The molecule has 2 aromatic rings. The molecule has 1 aromatic carbocycles. The van der Waals surface area contributed by atoms with Gasteiger partial charge in [0.25, 0.3) is 0 Å². The van der Waals surface area contributed by atoms with Gasteiger partial charge in [-0.3, -0.25) is 0 Å². The summed E-state index contributed by atoms with van der Waals surface area (Å²) < 4.78 is 11.6. The van der Waals surface area contributed by atoms with Crippen molar-refractivity contribution >= 4 is 28.4 Å². The van der Waals surface area contributed by atoms with Gasteiger partial charge in [-0.15, -0.1) is 0 Å². The minimum Gasteiger partial charge on any atom is -0.493 e. The van der Waals surface area contributed by atoms with Crippen LogP contribution in [0.5, 0.6) is 11.5 Å². The first kappa shape index (κ1) is 15.8. The van der Waals surface area contributed by atoms with Crippen molar-refractivity contribution in [1.29, 1.82) is 0 Å². The molecule has 0 radical (unpaired) electrons. The second-order valence-electron chi connectivity index (χ2n) is 4.38. The highest BCUT2D eigenvalue weighted by Gasteiger charge is 2.08. The maximum absolute atomic E-state index is 5.32. The van der Waals surface area contributed by atoms with E-state index in [2.05, 4.69) is 37.9 Å². The summed E-state index contributed by atoms with van der Waals surface area (Å²) in [6, 6.07) is 5.84. The quantitative estimate of drug-likeness (QED) is 0.757. The number of methoxy groups -OCH3 is 2. The van der Waals surface area contributed by atoms with Crippen LogP contribution in [-0.2, 0) is 6.42 Å². The predicted octanol–water partition coefficient (Wildman–Crippen LogP) is 3.12. The highest BCUT2D eigenvalue weighted by atomic mass is 127. The number of ether oxygens (including phenoxy) is 2. The van der Waals surface area contributed by atoms with Gasteiger partial charge in [0.1, 0.15) is 11.6 Å². The normalized spacial score (nSPS) is 10.3. The molecule has 1 heterocycles. The third-order valence-corrected chi connectivity index (χ3v) is 3.74. The minimum atomic E-state index is 0.648. The molecule has 0 fully saturated rings. The van der Waals surface area contributed by atoms with Crippen LogP contribution in [0.25, 0.3) is 0 Å². The third-order valence-electron chi connectivity index (χ3n) is 2.95. The lowest BCUT2D eigenvalue weighted by atomic mass is 10.1. The van der Waals surface area contributed by atoms with Crippen molar-refractivity contribution in [2.24, 2.45) is 0 Å². The van der Waals surface area contributed by atoms with Crippen LogP contribution < -0.4 is 14.8 Å². The molecule has 0 saturated heterocycles. The van der Waals surface area contributed by atoms with Crippen molar-refractivity contribution in [2.75, 3.05) is 26.1 Å². The molecule has 1 aromatic heterocycles. The predicted molar refractivity (Wildman–Crippen MR) is 91.3 cm³/mol. The summed E-state index contributed by atoms with van der Waals surface area (Å²) in [4.78, 5) is 8.94. The third kappa shape index (κ3) is 3.96. The van der Waals surface area contributed by atoms with Crippen molar-refractivity contribution in [3.05, 3.63) is 39.4 Å². The molecule has 0 aliphatic heterocycles. The Kier molecular flexibility index (Phi) is 5.60. The Morgan fingerprint density at radius 1 is 1.19 bits per heavy atom. The first-order chi connectivity index (χ1) is 10.2. The number of rotatable bonds is 6. The van der Waals surface area contributed by atoms with Gasteiger partial charge in [0.2, 0.25) is 0 Å². The molecule has 0 unspecified atom stereocenters. The van der Waals surface area contributed by atoms with E-state index in [1.165, 1.54) is 0 Å². The highest BCUT2D eigenvalue weighted by Crippen LogP contribution is 2.28. The number of hydrogen-bond acceptors (Lipinski definition) is 5. The van der Waals surface area contributed by atoms with Gasteiger partial charge in [0.15, 0.2) is 11.5 Å². The average Bonchev–Trinajstić information content (AvgIpc) is 2.50. The molecule has 0 aliphatic rings. The Morgan fingerprint density at radius 3 is 2.62 bits per heavy atom. The zero-order valence-electron chi connectivity index (χ0n) is 12.3. The zero-order valence-corrected chi connectivity index (χ0v) is 14.5. The molecule has 0 aliphatic carbocycles. The molecule has 0 atom stereocenters. The molecule has 0 amide bonds. The van der Waals surface area contributed by atoms with Crippen LogP contribution in [0.1, 0.15) is 18.3 Å². The number of halogens is 1. The van der Waals surface area contributed by atoms with E-state index in [1.54, 1.807) is 14.2 Å². The summed E-state index contributed by atoms with van der Waals surface area (Å²) in [6.45, 7) is 2.88. The van der Waals surface area contributed by atoms with Gasteiger partial charge in [-0.05, 0) is 47.2 Å². The van der Waals surface area contributed by atoms with Gasteiger partial charge in [-0.25, -0.2) is 9.97 Å². The number of hydrogen-bond donors (Lipinski definition) is 1.